The first kappa shape index (κ1) is 16.4. The summed E-state index contributed by atoms with van der Waals surface area (Å²) in [5, 5.41) is 6.61. The van der Waals surface area contributed by atoms with Crippen molar-refractivity contribution < 1.29 is 4.79 Å². The van der Waals surface area contributed by atoms with E-state index in [2.05, 4.69) is 41.4 Å². The molecule has 1 aromatic heterocycles. The molecule has 3 N–H and O–H groups in total. The Balaban J connectivity index is 2.07. The van der Waals surface area contributed by atoms with Crippen molar-refractivity contribution in [2.24, 2.45) is 5.92 Å². The lowest BCUT2D eigenvalue weighted by Crippen LogP contribution is -2.25. The summed E-state index contributed by atoms with van der Waals surface area (Å²) in [5.41, 5.74) is 1.34. The number of carbonyl (C=O) groups excluding carboxylic acids is 1. The topological polar surface area (TPSA) is 69.8 Å². The Morgan fingerprint density at radius 2 is 2.14 bits per heavy atom. The van der Waals surface area contributed by atoms with Gasteiger partial charge in [-0.3, -0.25) is 4.79 Å². The number of nitrogens with one attached hydrogen (secondary N) is 3. The van der Waals surface area contributed by atoms with Gasteiger partial charge in [0.1, 0.15) is 5.82 Å². The Morgan fingerprint density at radius 1 is 1.36 bits per heavy atom. The predicted molar refractivity (Wildman–Crippen MR) is 89.1 cm³/mol. The minimum atomic E-state index is -0.220. The summed E-state index contributed by atoms with van der Waals surface area (Å²) < 4.78 is 0. The van der Waals surface area contributed by atoms with Gasteiger partial charge >= 0.3 is 0 Å². The van der Waals surface area contributed by atoms with E-state index in [9.17, 15) is 4.79 Å². The Labute approximate surface area is 135 Å². The van der Waals surface area contributed by atoms with Gasteiger partial charge in [0.05, 0.1) is 17.1 Å². The van der Waals surface area contributed by atoms with Gasteiger partial charge in [0.25, 0.3) is 5.91 Å². The second kappa shape index (κ2) is 7.31. The van der Waals surface area contributed by atoms with Gasteiger partial charge < -0.3 is 15.6 Å². The highest BCUT2D eigenvalue weighted by Crippen LogP contribution is 2.22. The fourth-order valence-corrected chi connectivity index (χ4v) is 2.08. The number of halogens is 1. The monoisotopic (exact) mass is 320 g/mol. The number of H-pyrrole nitrogens is 1. The van der Waals surface area contributed by atoms with Crippen molar-refractivity contribution in [1.82, 2.24) is 15.3 Å². The zero-order chi connectivity index (χ0) is 16.1. The summed E-state index contributed by atoms with van der Waals surface area (Å²) >= 11 is 6.14. The van der Waals surface area contributed by atoms with Crippen molar-refractivity contribution in [1.29, 1.82) is 0 Å². The van der Waals surface area contributed by atoms with E-state index in [4.69, 9.17) is 11.6 Å². The van der Waals surface area contributed by atoms with Crippen molar-refractivity contribution in [3.8, 4) is 0 Å². The maximum atomic E-state index is 12.3. The van der Waals surface area contributed by atoms with Crippen LogP contribution in [0.1, 0.15) is 37.0 Å². The van der Waals surface area contributed by atoms with E-state index in [1.165, 1.54) is 0 Å². The summed E-state index contributed by atoms with van der Waals surface area (Å²) in [6.07, 6.45) is 3.36. The molecule has 2 rings (SSSR count). The molecular weight excluding hydrogens is 300 g/mol. The van der Waals surface area contributed by atoms with Crippen LogP contribution in [0.25, 0.3) is 0 Å². The maximum Gasteiger partial charge on any atom is 0.253 e. The number of rotatable bonds is 6. The van der Waals surface area contributed by atoms with E-state index < -0.39 is 0 Å². The lowest BCUT2D eigenvalue weighted by molar-refractivity contribution is 0.0950. The van der Waals surface area contributed by atoms with Crippen molar-refractivity contribution in [3.05, 3.63) is 47.0 Å². The Bertz CT molecular complexity index is 625. The van der Waals surface area contributed by atoms with Crippen LogP contribution in [-0.4, -0.2) is 21.9 Å². The van der Waals surface area contributed by atoms with Crippen molar-refractivity contribution in [2.45, 2.75) is 33.4 Å². The smallest absolute Gasteiger partial charge is 0.253 e. The van der Waals surface area contributed by atoms with E-state index in [1.807, 2.05) is 6.07 Å². The molecule has 0 radical (unpaired) electrons. The number of aromatic nitrogens is 2. The van der Waals surface area contributed by atoms with Gasteiger partial charge in [0.2, 0.25) is 0 Å². The highest BCUT2D eigenvalue weighted by atomic mass is 35.5. The number of anilines is 1. The molecule has 1 heterocycles. The molecule has 0 fully saturated rings. The third-order valence-corrected chi connectivity index (χ3v) is 3.91. The van der Waals surface area contributed by atoms with E-state index in [-0.39, 0.29) is 5.91 Å². The second-order valence-corrected chi connectivity index (χ2v) is 6.00. The van der Waals surface area contributed by atoms with E-state index in [0.29, 0.717) is 34.9 Å². The average Bonchev–Trinajstić information content (AvgIpc) is 3.00. The number of nitrogens with zero attached hydrogens (tertiary/aromatic N) is 1. The Morgan fingerprint density at radius 3 is 2.77 bits per heavy atom. The first-order chi connectivity index (χ1) is 10.5. The number of hydrogen-bond donors (Lipinski definition) is 3. The maximum absolute atomic E-state index is 12.3. The third-order valence-electron chi connectivity index (χ3n) is 3.58. The van der Waals surface area contributed by atoms with Crippen molar-refractivity contribution >= 4 is 23.2 Å². The summed E-state index contributed by atoms with van der Waals surface area (Å²) in [4.78, 5) is 19.3. The molecule has 2 aromatic rings. The molecule has 0 saturated heterocycles. The number of hydrogen-bond acceptors (Lipinski definition) is 3. The molecule has 0 spiro atoms. The largest absolute Gasteiger partial charge is 0.382 e. The van der Waals surface area contributed by atoms with Crippen molar-refractivity contribution in [2.75, 3.05) is 5.32 Å². The molecule has 0 saturated carbocycles. The van der Waals surface area contributed by atoms with Crippen LogP contribution in [-0.2, 0) is 6.54 Å². The lowest BCUT2D eigenvalue weighted by atomic mass is 10.1. The molecule has 0 bridgehead atoms. The Kier molecular flexibility index (Phi) is 5.44. The van der Waals surface area contributed by atoms with Crippen LogP contribution in [0.3, 0.4) is 0 Å². The lowest BCUT2D eigenvalue weighted by Gasteiger charge is -2.19. The molecule has 0 unspecified atom stereocenters. The summed E-state index contributed by atoms with van der Waals surface area (Å²) in [7, 11) is 0. The zero-order valence-corrected chi connectivity index (χ0v) is 13.7. The molecule has 0 aliphatic heterocycles. The fourth-order valence-electron chi connectivity index (χ4n) is 1.87. The molecule has 1 atom stereocenters. The summed E-state index contributed by atoms with van der Waals surface area (Å²) in [6.45, 7) is 6.73. The molecule has 6 heteroatoms. The minimum Gasteiger partial charge on any atom is -0.382 e. The molecule has 1 amide bonds. The van der Waals surface area contributed by atoms with Crippen LogP contribution in [0, 0.1) is 5.92 Å². The summed E-state index contributed by atoms with van der Waals surface area (Å²) in [5.74, 6) is 0.973. The molecule has 5 nitrogen and oxygen atoms in total. The fraction of sp³-hybridized carbons (Fsp3) is 0.375. The van der Waals surface area contributed by atoms with Crippen LogP contribution >= 0.6 is 11.6 Å². The first-order valence-electron chi connectivity index (χ1n) is 7.30. The molecule has 0 aliphatic carbocycles. The zero-order valence-electron chi connectivity index (χ0n) is 13.0. The molecule has 22 heavy (non-hydrogen) atoms. The van der Waals surface area contributed by atoms with Crippen LogP contribution in [0.4, 0.5) is 5.69 Å². The van der Waals surface area contributed by atoms with Gasteiger partial charge in [-0.1, -0.05) is 25.4 Å². The first-order valence-corrected chi connectivity index (χ1v) is 7.67. The number of benzene rings is 1. The van der Waals surface area contributed by atoms with Gasteiger partial charge in [-0.15, -0.1) is 0 Å². The highest BCUT2D eigenvalue weighted by Gasteiger charge is 2.13. The average molecular weight is 321 g/mol. The van der Waals surface area contributed by atoms with E-state index >= 15 is 0 Å². The normalized spacial score (nSPS) is 12.2. The van der Waals surface area contributed by atoms with E-state index in [1.54, 1.807) is 24.5 Å². The quantitative estimate of drug-likeness (QED) is 0.763. The van der Waals surface area contributed by atoms with Crippen LogP contribution < -0.4 is 10.6 Å². The van der Waals surface area contributed by atoms with Crippen molar-refractivity contribution in [3.63, 3.8) is 0 Å². The number of carbonyl (C=O) groups is 1. The standard InChI is InChI=1S/C16H21ClN4O/c1-10(2)11(3)21-12-4-5-14(17)13(8-12)16(22)20-9-15-18-6-7-19-15/h4-8,10-11,21H,9H2,1-3H3,(H,18,19)(H,20,22)/t11-/m1/s1. The molecule has 0 aliphatic rings. The SMILES string of the molecule is CC(C)[C@@H](C)Nc1ccc(Cl)c(C(=O)NCc2ncc[nH]2)c1. The number of imidazole rings is 1. The minimum absolute atomic E-state index is 0.220. The highest BCUT2D eigenvalue weighted by molar-refractivity contribution is 6.34. The van der Waals surface area contributed by atoms with E-state index in [0.717, 1.165) is 5.69 Å². The van der Waals surface area contributed by atoms with Crippen LogP contribution in [0.5, 0.6) is 0 Å². The van der Waals surface area contributed by atoms with Gasteiger partial charge in [-0.05, 0) is 31.0 Å². The third kappa shape index (κ3) is 4.24. The van der Waals surface area contributed by atoms with Gasteiger partial charge in [0, 0.05) is 24.1 Å². The van der Waals surface area contributed by atoms with Gasteiger partial charge in [-0.2, -0.15) is 0 Å². The number of amides is 1. The van der Waals surface area contributed by atoms with Gasteiger partial charge in [0.15, 0.2) is 0 Å². The molecule has 118 valence electrons. The van der Waals surface area contributed by atoms with Crippen LogP contribution in [0.15, 0.2) is 30.6 Å². The van der Waals surface area contributed by atoms with Gasteiger partial charge in [-0.25, -0.2) is 4.98 Å². The second-order valence-electron chi connectivity index (χ2n) is 5.59. The predicted octanol–water partition coefficient (Wildman–Crippen LogP) is 3.45. The summed E-state index contributed by atoms with van der Waals surface area (Å²) in [6, 6.07) is 5.70. The van der Waals surface area contributed by atoms with Crippen LogP contribution in [0.2, 0.25) is 5.02 Å². The molecular formula is C16H21ClN4O. The number of aromatic amines is 1. The molecule has 1 aromatic carbocycles. The Hall–Kier alpha value is -2.01.